The lowest BCUT2D eigenvalue weighted by atomic mass is 10.2. The van der Waals surface area contributed by atoms with Crippen molar-refractivity contribution in [2.24, 2.45) is 5.73 Å². The standard InChI is InChI=1S/C14H23N3O/c1-3-4-5-14(18)16-12-6-8-13(9-7-12)17(2)11-10-15/h6-9H,3-5,10-11,15H2,1-2H3,(H,16,18). The molecule has 0 heterocycles. The van der Waals surface area contributed by atoms with E-state index in [0.717, 1.165) is 30.8 Å². The first-order valence-corrected chi connectivity index (χ1v) is 6.48. The molecular formula is C14H23N3O. The molecule has 0 saturated carbocycles. The van der Waals surface area contributed by atoms with Gasteiger partial charge >= 0.3 is 0 Å². The average molecular weight is 249 g/mol. The molecule has 0 atom stereocenters. The van der Waals surface area contributed by atoms with Gasteiger partial charge in [-0.05, 0) is 30.7 Å². The summed E-state index contributed by atoms with van der Waals surface area (Å²) in [7, 11) is 2.00. The van der Waals surface area contributed by atoms with E-state index in [-0.39, 0.29) is 5.91 Å². The highest BCUT2D eigenvalue weighted by Crippen LogP contribution is 2.16. The Labute approximate surface area is 109 Å². The number of carbonyl (C=O) groups excluding carboxylic acids is 1. The molecule has 0 aromatic heterocycles. The topological polar surface area (TPSA) is 58.4 Å². The third-order valence-electron chi connectivity index (χ3n) is 2.81. The van der Waals surface area contributed by atoms with Crippen LogP contribution in [0.5, 0.6) is 0 Å². The van der Waals surface area contributed by atoms with Gasteiger partial charge in [-0.1, -0.05) is 13.3 Å². The van der Waals surface area contributed by atoms with Crippen molar-refractivity contribution in [1.29, 1.82) is 0 Å². The van der Waals surface area contributed by atoms with Crippen LogP contribution in [0.15, 0.2) is 24.3 Å². The number of hydrogen-bond donors (Lipinski definition) is 2. The maximum atomic E-state index is 11.6. The Morgan fingerprint density at radius 1 is 1.33 bits per heavy atom. The zero-order chi connectivity index (χ0) is 13.4. The van der Waals surface area contributed by atoms with Crippen molar-refractivity contribution in [3.63, 3.8) is 0 Å². The van der Waals surface area contributed by atoms with Gasteiger partial charge in [-0.3, -0.25) is 4.79 Å². The SMILES string of the molecule is CCCCC(=O)Nc1ccc(N(C)CCN)cc1. The molecule has 0 unspecified atom stereocenters. The van der Waals surface area contributed by atoms with Crippen LogP contribution < -0.4 is 16.0 Å². The number of nitrogens with zero attached hydrogens (tertiary/aromatic N) is 1. The van der Waals surface area contributed by atoms with E-state index < -0.39 is 0 Å². The Hall–Kier alpha value is -1.55. The van der Waals surface area contributed by atoms with Gasteiger partial charge in [0.05, 0.1) is 0 Å². The van der Waals surface area contributed by atoms with Crippen LogP contribution in [0, 0.1) is 0 Å². The Kier molecular flexibility index (Phi) is 6.22. The summed E-state index contributed by atoms with van der Waals surface area (Å²) in [4.78, 5) is 13.6. The molecule has 3 N–H and O–H groups in total. The molecule has 0 bridgehead atoms. The number of benzene rings is 1. The molecule has 0 aliphatic rings. The van der Waals surface area contributed by atoms with E-state index in [0.29, 0.717) is 13.0 Å². The number of amides is 1. The van der Waals surface area contributed by atoms with Gasteiger partial charge in [0.1, 0.15) is 0 Å². The molecule has 0 aliphatic carbocycles. The highest BCUT2D eigenvalue weighted by Gasteiger charge is 2.03. The first-order valence-electron chi connectivity index (χ1n) is 6.48. The number of unbranched alkanes of at least 4 members (excludes halogenated alkanes) is 1. The largest absolute Gasteiger partial charge is 0.373 e. The van der Waals surface area contributed by atoms with Crippen LogP contribution in [0.2, 0.25) is 0 Å². The molecule has 4 heteroatoms. The van der Waals surface area contributed by atoms with Crippen molar-refractivity contribution >= 4 is 17.3 Å². The monoisotopic (exact) mass is 249 g/mol. The van der Waals surface area contributed by atoms with Gasteiger partial charge in [-0.15, -0.1) is 0 Å². The molecular weight excluding hydrogens is 226 g/mol. The summed E-state index contributed by atoms with van der Waals surface area (Å²) in [6.45, 7) is 3.53. The predicted octanol–water partition coefficient (Wildman–Crippen LogP) is 2.21. The number of anilines is 2. The van der Waals surface area contributed by atoms with Crippen molar-refractivity contribution in [3.8, 4) is 0 Å². The van der Waals surface area contributed by atoms with Crippen LogP contribution in [0.4, 0.5) is 11.4 Å². The molecule has 0 aliphatic heterocycles. The normalized spacial score (nSPS) is 10.2. The maximum Gasteiger partial charge on any atom is 0.224 e. The van der Waals surface area contributed by atoms with Gasteiger partial charge in [0.25, 0.3) is 0 Å². The van der Waals surface area contributed by atoms with E-state index in [4.69, 9.17) is 5.73 Å². The number of hydrogen-bond acceptors (Lipinski definition) is 3. The molecule has 100 valence electrons. The second kappa shape index (κ2) is 7.71. The molecule has 0 saturated heterocycles. The lowest BCUT2D eigenvalue weighted by molar-refractivity contribution is -0.116. The number of carbonyl (C=O) groups is 1. The van der Waals surface area contributed by atoms with E-state index in [1.807, 2.05) is 31.3 Å². The maximum absolute atomic E-state index is 11.6. The molecule has 0 fully saturated rings. The summed E-state index contributed by atoms with van der Waals surface area (Å²) in [6, 6.07) is 7.83. The molecule has 0 spiro atoms. The van der Waals surface area contributed by atoms with Gasteiger partial charge in [-0.2, -0.15) is 0 Å². The molecule has 0 radical (unpaired) electrons. The van der Waals surface area contributed by atoms with Crippen LogP contribution >= 0.6 is 0 Å². The zero-order valence-electron chi connectivity index (χ0n) is 11.3. The van der Waals surface area contributed by atoms with Gasteiger partial charge in [0.15, 0.2) is 0 Å². The summed E-state index contributed by atoms with van der Waals surface area (Å²) in [5.41, 5.74) is 7.46. The molecule has 18 heavy (non-hydrogen) atoms. The van der Waals surface area contributed by atoms with E-state index in [9.17, 15) is 4.79 Å². The summed E-state index contributed by atoms with van der Waals surface area (Å²) in [6.07, 6.45) is 2.56. The van der Waals surface area contributed by atoms with E-state index in [1.165, 1.54) is 0 Å². The third kappa shape index (κ3) is 4.75. The number of likely N-dealkylation sites (N-methyl/N-ethyl adjacent to an activating group) is 1. The molecule has 1 aromatic rings. The minimum atomic E-state index is 0.0833. The Balaban J connectivity index is 2.52. The number of nitrogens with one attached hydrogen (secondary N) is 1. The van der Waals surface area contributed by atoms with E-state index in [1.54, 1.807) is 0 Å². The van der Waals surface area contributed by atoms with Crippen LogP contribution in [-0.2, 0) is 4.79 Å². The van der Waals surface area contributed by atoms with Crippen LogP contribution in [0.1, 0.15) is 26.2 Å². The van der Waals surface area contributed by atoms with Crippen LogP contribution in [0.3, 0.4) is 0 Å². The van der Waals surface area contributed by atoms with Crippen LogP contribution in [0.25, 0.3) is 0 Å². The first kappa shape index (κ1) is 14.5. The highest BCUT2D eigenvalue weighted by atomic mass is 16.1. The van der Waals surface area contributed by atoms with E-state index in [2.05, 4.69) is 17.1 Å². The summed E-state index contributed by atoms with van der Waals surface area (Å²) in [5, 5.41) is 2.89. The van der Waals surface area contributed by atoms with Gasteiger partial charge < -0.3 is 16.0 Å². The summed E-state index contributed by atoms with van der Waals surface area (Å²) >= 11 is 0. The first-order chi connectivity index (χ1) is 8.67. The minimum Gasteiger partial charge on any atom is -0.373 e. The Morgan fingerprint density at radius 2 is 2.00 bits per heavy atom. The smallest absolute Gasteiger partial charge is 0.224 e. The molecule has 1 aromatic carbocycles. The number of rotatable bonds is 7. The summed E-state index contributed by atoms with van der Waals surface area (Å²) in [5.74, 6) is 0.0833. The predicted molar refractivity (Wildman–Crippen MR) is 76.9 cm³/mol. The Morgan fingerprint density at radius 3 is 2.56 bits per heavy atom. The zero-order valence-corrected chi connectivity index (χ0v) is 11.3. The summed E-state index contributed by atoms with van der Waals surface area (Å²) < 4.78 is 0. The second-order valence-electron chi connectivity index (χ2n) is 4.41. The third-order valence-corrected chi connectivity index (χ3v) is 2.81. The van der Waals surface area contributed by atoms with Crippen molar-refractivity contribution in [2.75, 3.05) is 30.4 Å². The fourth-order valence-corrected chi connectivity index (χ4v) is 1.68. The van der Waals surface area contributed by atoms with E-state index >= 15 is 0 Å². The van der Waals surface area contributed by atoms with Gasteiger partial charge in [0, 0.05) is 37.9 Å². The van der Waals surface area contributed by atoms with Crippen molar-refractivity contribution in [2.45, 2.75) is 26.2 Å². The quantitative estimate of drug-likeness (QED) is 0.779. The minimum absolute atomic E-state index is 0.0833. The fraction of sp³-hybridized carbons (Fsp3) is 0.500. The molecule has 1 rings (SSSR count). The van der Waals surface area contributed by atoms with Gasteiger partial charge in [-0.25, -0.2) is 0 Å². The fourth-order valence-electron chi connectivity index (χ4n) is 1.68. The average Bonchev–Trinajstić information content (AvgIpc) is 2.37. The van der Waals surface area contributed by atoms with Crippen molar-refractivity contribution in [1.82, 2.24) is 0 Å². The number of nitrogens with two attached hydrogens (primary N) is 1. The van der Waals surface area contributed by atoms with Gasteiger partial charge in [0.2, 0.25) is 5.91 Å². The van der Waals surface area contributed by atoms with Crippen LogP contribution in [-0.4, -0.2) is 26.0 Å². The second-order valence-corrected chi connectivity index (χ2v) is 4.41. The lowest BCUT2D eigenvalue weighted by Gasteiger charge is -2.18. The highest BCUT2D eigenvalue weighted by molar-refractivity contribution is 5.90. The Bertz CT molecular complexity index is 362. The van der Waals surface area contributed by atoms with Crippen molar-refractivity contribution in [3.05, 3.63) is 24.3 Å². The lowest BCUT2D eigenvalue weighted by Crippen LogP contribution is -2.24. The molecule has 4 nitrogen and oxygen atoms in total. The van der Waals surface area contributed by atoms with Crippen molar-refractivity contribution < 1.29 is 4.79 Å². The molecule has 1 amide bonds.